The van der Waals surface area contributed by atoms with Crippen molar-refractivity contribution in [3.63, 3.8) is 0 Å². The summed E-state index contributed by atoms with van der Waals surface area (Å²) in [7, 11) is 0. The largest absolute Gasteiger partial charge is 0.444 e. The van der Waals surface area contributed by atoms with E-state index in [1.807, 2.05) is 20.8 Å². The fourth-order valence-electron chi connectivity index (χ4n) is 3.73. The molecule has 0 radical (unpaired) electrons. The van der Waals surface area contributed by atoms with E-state index in [4.69, 9.17) is 4.74 Å². The Bertz CT molecular complexity index is 718. The molecule has 0 aliphatic carbocycles. The third-order valence-corrected chi connectivity index (χ3v) is 5.18. The first-order valence-electron chi connectivity index (χ1n) is 9.35. The van der Waals surface area contributed by atoms with E-state index >= 15 is 0 Å². The van der Waals surface area contributed by atoms with Crippen molar-refractivity contribution in [1.82, 2.24) is 14.8 Å². The van der Waals surface area contributed by atoms with Gasteiger partial charge in [-0.2, -0.15) is 13.2 Å². The van der Waals surface area contributed by atoms with Gasteiger partial charge in [0.2, 0.25) is 0 Å². The van der Waals surface area contributed by atoms with E-state index in [0.29, 0.717) is 32.5 Å². The second-order valence-electron chi connectivity index (χ2n) is 8.55. The van der Waals surface area contributed by atoms with E-state index in [-0.39, 0.29) is 24.4 Å². The molecule has 28 heavy (non-hydrogen) atoms. The molecule has 2 fully saturated rings. The lowest BCUT2D eigenvalue weighted by Gasteiger charge is -2.48. The number of carbonyl (C=O) groups excluding carboxylic acids is 1. The molecule has 0 bridgehead atoms. The van der Waals surface area contributed by atoms with Gasteiger partial charge in [0.25, 0.3) is 0 Å². The molecule has 156 valence electrons. The van der Waals surface area contributed by atoms with Crippen molar-refractivity contribution >= 4 is 6.09 Å². The molecular weight excluding hydrogens is 375 g/mol. The zero-order chi connectivity index (χ0) is 20.7. The summed E-state index contributed by atoms with van der Waals surface area (Å²) in [6.07, 6.45) is -3.06. The number of carbonyl (C=O) groups is 1. The standard InChI is InChI=1S/C19H26F3N3O3/c1-17(2,3)28-16(26)24-8-9-25-12-18(27,7-6-14(25)11-24)15-5-4-13(10-23-15)19(20,21)22/h4-5,10,14,27H,6-9,11-12H2,1-3H3. The number of halogens is 3. The Morgan fingerprint density at radius 3 is 2.57 bits per heavy atom. The number of fused-ring (bicyclic) bond motifs is 1. The summed E-state index contributed by atoms with van der Waals surface area (Å²) in [4.78, 5) is 19.9. The van der Waals surface area contributed by atoms with Crippen LogP contribution < -0.4 is 0 Å². The van der Waals surface area contributed by atoms with Crippen LogP contribution in [-0.4, -0.2) is 63.8 Å². The third kappa shape index (κ3) is 4.57. The molecule has 1 amide bonds. The highest BCUT2D eigenvalue weighted by Crippen LogP contribution is 2.36. The molecular formula is C19H26F3N3O3. The molecule has 0 spiro atoms. The Kier molecular flexibility index (Phi) is 5.35. The van der Waals surface area contributed by atoms with Crippen LogP contribution in [0.1, 0.15) is 44.9 Å². The van der Waals surface area contributed by atoms with Crippen LogP contribution >= 0.6 is 0 Å². The lowest BCUT2D eigenvalue weighted by molar-refractivity contribution is -0.138. The van der Waals surface area contributed by atoms with Crippen LogP contribution in [0.4, 0.5) is 18.0 Å². The van der Waals surface area contributed by atoms with Crippen molar-refractivity contribution in [3.8, 4) is 0 Å². The first kappa shape index (κ1) is 20.9. The SMILES string of the molecule is CC(C)(C)OC(=O)N1CCN2CC(O)(c3ccc(C(F)(F)F)cn3)CCC2C1. The minimum Gasteiger partial charge on any atom is -0.444 e. The highest BCUT2D eigenvalue weighted by Gasteiger charge is 2.43. The van der Waals surface area contributed by atoms with Gasteiger partial charge in [-0.1, -0.05) is 0 Å². The summed E-state index contributed by atoms with van der Waals surface area (Å²) in [5, 5.41) is 11.0. The normalized spacial score (nSPS) is 26.7. The van der Waals surface area contributed by atoms with Crippen LogP contribution in [0.15, 0.2) is 18.3 Å². The van der Waals surface area contributed by atoms with Crippen molar-refractivity contribution in [2.45, 2.75) is 57.0 Å². The molecule has 2 aliphatic rings. The zero-order valence-corrected chi connectivity index (χ0v) is 16.3. The van der Waals surface area contributed by atoms with Crippen molar-refractivity contribution in [2.75, 3.05) is 26.2 Å². The van der Waals surface area contributed by atoms with Gasteiger partial charge < -0.3 is 14.7 Å². The highest BCUT2D eigenvalue weighted by molar-refractivity contribution is 5.68. The van der Waals surface area contributed by atoms with E-state index in [2.05, 4.69) is 9.88 Å². The number of aliphatic hydroxyl groups is 1. The van der Waals surface area contributed by atoms with Crippen LogP contribution in [0.5, 0.6) is 0 Å². The number of pyridine rings is 1. The van der Waals surface area contributed by atoms with Gasteiger partial charge in [0.1, 0.15) is 11.2 Å². The molecule has 1 N–H and O–H groups in total. The number of amides is 1. The number of ether oxygens (including phenoxy) is 1. The number of rotatable bonds is 1. The van der Waals surface area contributed by atoms with Crippen LogP contribution in [0.3, 0.4) is 0 Å². The fourth-order valence-corrected chi connectivity index (χ4v) is 3.73. The molecule has 3 heterocycles. The van der Waals surface area contributed by atoms with Crippen LogP contribution in [0, 0.1) is 0 Å². The number of piperidine rings is 1. The quantitative estimate of drug-likeness (QED) is 0.784. The minimum absolute atomic E-state index is 0.0796. The Balaban J connectivity index is 1.65. The lowest BCUT2D eigenvalue weighted by Crippen LogP contribution is -2.61. The van der Waals surface area contributed by atoms with Gasteiger partial charge in [-0.15, -0.1) is 0 Å². The first-order valence-corrected chi connectivity index (χ1v) is 9.35. The average Bonchev–Trinajstić information content (AvgIpc) is 2.59. The van der Waals surface area contributed by atoms with Gasteiger partial charge in [-0.25, -0.2) is 4.79 Å². The Labute approximate surface area is 162 Å². The average molecular weight is 401 g/mol. The molecule has 2 saturated heterocycles. The molecule has 6 nitrogen and oxygen atoms in total. The first-order chi connectivity index (χ1) is 12.9. The van der Waals surface area contributed by atoms with Crippen molar-refractivity contribution in [3.05, 3.63) is 29.6 Å². The molecule has 2 atom stereocenters. The van der Waals surface area contributed by atoms with Gasteiger partial charge >= 0.3 is 12.3 Å². The summed E-state index contributed by atoms with van der Waals surface area (Å²) < 4.78 is 43.6. The molecule has 9 heteroatoms. The second-order valence-corrected chi connectivity index (χ2v) is 8.55. The topological polar surface area (TPSA) is 65.9 Å². The monoisotopic (exact) mass is 401 g/mol. The third-order valence-electron chi connectivity index (χ3n) is 5.18. The number of hydrogen-bond acceptors (Lipinski definition) is 5. The number of alkyl halides is 3. The second kappa shape index (κ2) is 7.18. The molecule has 0 saturated carbocycles. The number of nitrogens with zero attached hydrogens (tertiary/aromatic N) is 3. The number of aromatic nitrogens is 1. The Hall–Kier alpha value is -1.87. The van der Waals surface area contributed by atoms with Gasteiger partial charge in [0.15, 0.2) is 0 Å². The Morgan fingerprint density at radius 2 is 2.00 bits per heavy atom. The number of piperazine rings is 1. The zero-order valence-electron chi connectivity index (χ0n) is 16.3. The van der Waals surface area contributed by atoms with Crippen LogP contribution in [0.25, 0.3) is 0 Å². The van der Waals surface area contributed by atoms with Crippen molar-refractivity contribution < 1.29 is 27.8 Å². The molecule has 1 aromatic rings. The van der Waals surface area contributed by atoms with E-state index < -0.39 is 22.9 Å². The van der Waals surface area contributed by atoms with Crippen molar-refractivity contribution in [2.24, 2.45) is 0 Å². The molecule has 2 unspecified atom stereocenters. The summed E-state index contributed by atoms with van der Waals surface area (Å²) in [5.41, 5.74) is -2.45. The fraction of sp³-hybridized carbons (Fsp3) is 0.684. The van der Waals surface area contributed by atoms with E-state index in [1.165, 1.54) is 6.07 Å². The predicted octanol–water partition coefficient (Wildman–Crippen LogP) is 3.00. The maximum atomic E-state index is 12.7. The van der Waals surface area contributed by atoms with E-state index in [9.17, 15) is 23.1 Å². The van der Waals surface area contributed by atoms with E-state index in [0.717, 1.165) is 12.3 Å². The predicted molar refractivity (Wildman–Crippen MR) is 95.5 cm³/mol. The number of hydrogen-bond donors (Lipinski definition) is 1. The molecule has 2 aliphatic heterocycles. The summed E-state index contributed by atoms with van der Waals surface area (Å²) in [5.74, 6) is 0. The smallest absolute Gasteiger partial charge is 0.417 e. The molecule has 0 aromatic carbocycles. The molecule has 1 aromatic heterocycles. The van der Waals surface area contributed by atoms with Crippen LogP contribution in [-0.2, 0) is 16.5 Å². The van der Waals surface area contributed by atoms with Gasteiger partial charge in [-0.05, 0) is 45.7 Å². The van der Waals surface area contributed by atoms with Gasteiger partial charge in [0.05, 0.1) is 11.3 Å². The van der Waals surface area contributed by atoms with E-state index in [1.54, 1.807) is 4.90 Å². The van der Waals surface area contributed by atoms with Crippen molar-refractivity contribution in [1.29, 1.82) is 0 Å². The van der Waals surface area contributed by atoms with Gasteiger partial charge in [-0.3, -0.25) is 9.88 Å². The summed E-state index contributed by atoms with van der Waals surface area (Å²) in [6.45, 7) is 7.27. The minimum atomic E-state index is -4.45. The summed E-state index contributed by atoms with van der Waals surface area (Å²) >= 11 is 0. The van der Waals surface area contributed by atoms with Gasteiger partial charge in [0, 0.05) is 38.4 Å². The highest BCUT2D eigenvalue weighted by atomic mass is 19.4. The Morgan fingerprint density at radius 1 is 1.29 bits per heavy atom. The van der Waals surface area contributed by atoms with Crippen LogP contribution in [0.2, 0.25) is 0 Å². The maximum Gasteiger partial charge on any atom is 0.417 e. The molecule has 3 rings (SSSR count). The summed E-state index contributed by atoms with van der Waals surface area (Å²) in [6, 6.07) is 2.28. The lowest BCUT2D eigenvalue weighted by atomic mass is 9.84. The maximum absolute atomic E-state index is 12.7.